The minimum absolute atomic E-state index is 0.0801. The van der Waals surface area contributed by atoms with Crippen LogP contribution in [0.5, 0.6) is 0 Å². The first-order valence-electron chi connectivity index (χ1n) is 5.52. The van der Waals surface area contributed by atoms with Crippen LogP contribution in [0.15, 0.2) is 5.11 Å². The van der Waals surface area contributed by atoms with Crippen LogP contribution in [0.1, 0.15) is 13.3 Å². The van der Waals surface area contributed by atoms with Gasteiger partial charge in [-0.05, 0) is 29.7 Å². The third-order valence-electron chi connectivity index (χ3n) is 3.53. The monoisotopic (exact) mass is 225 g/mol. The SMILES string of the molecule is CC1CC2C(N=[N+]=[N-])C(=O)OCCOCC12. The van der Waals surface area contributed by atoms with Gasteiger partial charge in [-0.3, -0.25) is 4.79 Å². The van der Waals surface area contributed by atoms with Crippen molar-refractivity contribution in [3.8, 4) is 0 Å². The molecule has 0 aromatic heterocycles. The predicted octanol–water partition coefficient (Wildman–Crippen LogP) is 1.51. The fourth-order valence-corrected chi connectivity index (χ4v) is 2.53. The van der Waals surface area contributed by atoms with Crippen molar-refractivity contribution in [3.63, 3.8) is 0 Å². The minimum atomic E-state index is -0.673. The molecule has 16 heavy (non-hydrogen) atoms. The van der Waals surface area contributed by atoms with E-state index >= 15 is 0 Å². The van der Waals surface area contributed by atoms with Gasteiger partial charge < -0.3 is 9.47 Å². The highest BCUT2D eigenvalue weighted by Gasteiger charge is 2.46. The van der Waals surface area contributed by atoms with Crippen LogP contribution in [-0.2, 0) is 14.3 Å². The lowest BCUT2D eigenvalue weighted by molar-refractivity contribution is -0.148. The Morgan fingerprint density at radius 3 is 2.94 bits per heavy atom. The highest BCUT2D eigenvalue weighted by atomic mass is 16.6. The average Bonchev–Trinajstić information content (AvgIpc) is 2.31. The van der Waals surface area contributed by atoms with Crippen LogP contribution in [0.25, 0.3) is 10.4 Å². The van der Waals surface area contributed by atoms with Crippen molar-refractivity contribution >= 4 is 5.97 Å². The van der Waals surface area contributed by atoms with E-state index in [1.807, 2.05) is 0 Å². The summed E-state index contributed by atoms with van der Waals surface area (Å²) in [6.07, 6.45) is 0.896. The number of rotatable bonds is 1. The molecule has 0 amide bonds. The summed E-state index contributed by atoms with van der Waals surface area (Å²) >= 11 is 0. The lowest BCUT2D eigenvalue weighted by Crippen LogP contribution is -2.46. The van der Waals surface area contributed by atoms with Crippen molar-refractivity contribution in [1.82, 2.24) is 0 Å². The summed E-state index contributed by atoms with van der Waals surface area (Å²) in [4.78, 5) is 14.4. The van der Waals surface area contributed by atoms with E-state index in [1.165, 1.54) is 0 Å². The Morgan fingerprint density at radius 1 is 1.44 bits per heavy atom. The summed E-state index contributed by atoms with van der Waals surface area (Å²) in [6, 6.07) is -0.673. The van der Waals surface area contributed by atoms with Crippen LogP contribution in [0.3, 0.4) is 0 Å². The van der Waals surface area contributed by atoms with Gasteiger partial charge in [0.25, 0.3) is 0 Å². The van der Waals surface area contributed by atoms with Gasteiger partial charge in [0, 0.05) is 4.91 Å². The smallest absolute Gasteiger partial charge is 0.315 e. The molecule has 2 fully saturated rings. The van der Waals surface area contributed by atoms with Crippen LogP contribution >= 0.6 is 0 Å². The minimum Gasteiger partial charge on any atom is -0.463 e. The summed E-state index contributed by atoms with van der Waals surface area (Å²) in [7, 11) is 0. The summed E-state index contributed by atoms with van der Waals surface area (Å²) in [6.45, 7) is 3.41. The first kappa shape index (κ1) is 11.2. The topological polar surface area (TPSA) is 84.3 Å². The maximum Gasteiger partial charge on any atom is 0.315 e. The van der Waals surface area contributed by atoms with E-state index in [9.17, 15) is 4.79 Å². The van der Waals surface area contributed by atoms with Crippen molar-refractivity contribution in [2.45, 2.75) is 19.4 Å². The second-order valence-corrected chi connectivity index (χ2v) is 4.43. The van der Waals surface area contributed by atoms with E-state index in [2.05, 4.69) is 16.9 Å². The largest absolute Gasteiger partial charge is 0.463 e. The number of cyclic esters (lactones) is 1. The van der Waals surface area contributed by atoms with Gasteiger partial charge in [0.15, 0.2) is 0 Å². The van der Waals surface area contributed by atoms with E-state index in [0.29, 0.717) is 25.0 Å². The highest BCUT2D eigenvalue weighted by molar-refractivity contribution is 5.76. The fraction of sp³-hybridized carbons (Fsp3) is 0.900. The van der Waals surface area contributed by atoms with Crippen LogP contribution in [-0.4, -0.2) is 31.8 Å². The number of hydrogen-bond acceptors (Lipinski definition) is 4. The summed E-state index contributed by atoms with van der Waals surface area (Å²) in [5.74, 6) is 0.496. The van der Waals surface area contributed by atoms with E-state index in [4.69, 9.17) is 15.0 Å². The number of carbonyl (C=O) groups excluding carboxylic acids is 1. The van der Waals surface area contributed by atoms with E-state index in [1.54, 1.807) is 0 Å². The van der Waals surface area contributed by atoms with Gasteiger partial charge in [-0.2, -0.15) is 0 Å². The quantitative estimate of drug-likeness (QED) is 0.293. The Hall–Kier alpha value is -1.26. The second kappa shape index (κ2) is 4.72. The highest BCUT2D eigenvalue weighted by Crippen LogP contribution is 2.44. The number of carbonyl (C=O) groups is 1. The Labute approximate surface area is 93.5 Å². The number of nitrogens with zero attached hydrogens (tertiary/aromatic N) is 3. The molecule has 6 nitrogen and oxygen atoms in total. The van der Waals surface area contributed by atoms with Gasteiger partial charge in [-0.25, -0.2) is 0 Å². The zero-order valence-electron chi connectivity index (χ0n) is 9.20. The van der Waals surface area contributed by atoms with Crippen LogP contribution in [0.2, 0.25) is 0 Å². The average molecular weight is 225 g/mol. The lowest BCUT2D eigenvalue weighted by Gasteiger charge is -2.44. The van der Waals surface area contributed by atoms with Crippen molar-refractivity contribution < 1.29 is 14.3 Å². The summed E-state index contributed by atoms with van der Waals surface area (Å²) in [5.41, 5.74) is 8.48. The van der Waals surface area contributed by atoms with E-state index in [-0.39, 0.29) is 12.5 Å². The maximum absolute atomic E-state index is 11.7. The lowest BCUT2D eigenvalue weighted by atomic mass is 9.63. The summed E-state index contributed by atoms with van der Waals surface area (Å²) < 4.78 is 10.4. The molecule has 2 rings (SSSR count). The molecule has 0 N–H and O–H groups in total. The van der Waals surface area contributed by atoms with Crippen LogP contribution in [0, 0.1) is 17.8 Å². The number of ether oxygens (including phenoxy) is 2. The van der Waals surface area contributed by atoms with Gasteiger partial charge in [0.2, 0.25) is 0 Å². The Balaban J connectivity index is 2.16. The Morgan fingerprint density at radius 2 is 2.25 bits per heavy atom. The Bertz CT molecular complexity index is 327. The first-order chi connectivity index (χ1) is 7.74. The normalized spacial score (nSPS) is 38.9. The van der Waals surface area contributed by atoms with Gasteiger partial charge in [-0.15, -0.1) is 0 Å². The molecule has 4 unspecified atom stereocenters. The maximum atomic E-state index is 11.7. The number of azide groups is 1. The number of fused-ring (bicyclic) bond motifs is 1. The number of hydrogen-bond donors (Lipinski definition) is 0. The van der Waals surface area contributed by atoms with E-state index in [0.717, 1.165) is 6.42 Å². The third-order valence-corrected chi connectivity index (χ3v) is 3.53. The molecule has 1 aliphatic carbocycles. The molecular weight excluding hydrogens is 210 g/mol. The van der Waals surface area contributed by atoms with Crippen molar-refractivity contribution in [3.05, 3.63) is 10.4 Å². The van der Waals surface area contributed by atoms with Gasteiger partial charge in [0.1, 0.15) is 12.6 Å². The first-order valence-corrected chi connectivity index (χ1v) is 5.52. The van der Waals surface area contributed by atoms with Crippen LogP contribution in [0.4, 0.5) is 0 Å². The van der Waals surface area contributed by atoms with Gasteiger partial charge in [-0.1, -0.05) is 12.0 Å². The second-order valence-electron chi connectivity index (χ2n) is 4.43. The molecule has 0 radical (unpaired) electrons. The fourth-order valence-electron chi connectivity index (χ4n) is 2.53. The molecule has 0 spiro atoms. The molecule has 1 aliphatic heterocycles. The van der Waals surface area contributed by atoms with Crippen molar-refractivity contribution in [2.75, 3.05) is 19.8 Å². The van der Waals surface area contributed by atoms with Crippen molar-refractivity contribution in [1.29, 1.82) is 0 Å². The van der Waals surface area contributed by atoms with E-state index < -0.39 is 12.0 Å². The zero-order chi connectivity index (χ0) is 11.5. The number of esters is 1. The third kappa shape index (κ3) is 1.99. The summed E-state index contributed by atoms with van der Waals surface area (Å²) in [5, 5.41) is 3.58. The molecule has 4 atom stereocenters. The molecule has 0 aromatic rings. The van der Waals surface area contributed by atoms with Crippen LogP contribution < -0.4 is 0 Å². The molecular formula is C10H15N3O3. The molecule has 0 aromatic carbocycles. The molecule has 88 valence electrons. The molecule has 1 saturated heterocycles. The van der Waals surface area contributed by atoms with Gasteiger partial charge >= 0.3 is 5.97 Å². The molecule has 1 saturated carbocycles. The standard InChI is InChI=1S/C10H15N3O3/c1-6-4-7-8(6)5-15-2-3-16-10(14)9(7)12-13-11/h6-9H,2-5H2,1H3. The van der Waals surface area contributed by atoms with Crippen molar-refractivity contribution in [2.24, 2.45) is 22.9 Å². The zero-order valence-corrected chi connectivity index (χ0v) is 9.20. The molecule has 2 aliphatic rings. The molecule has 0 bridgehead atoms. The van der Waals surface area contributed by atoms with Gasteiger partial charge in [0.05, 0.1) is 13.2 Å². The molecule has 6 heteroatoms. The Kier molecular flexibility index (Phi) is 3.31. The predicted molar refractivity (Wildman–Crippen MR) is 55.5 cm³/mol. The molecule has 1 heterocycles.